The molecule has 0 aromatic carbocycles. The molecule has 7 heteroatoms. The molecule has 0 aliphatic carbocycles. The highest BCUT2D eigenvalue weighted by Crippen LogP contribution is 1.99. The molecule has 3 amide bonds. The number of carbonyl (C=O) groups is 2. The first-order valence-corrected chi connectivity index (χ1v) is 3.50. The SMILES string of the molecule is NC(=O)CNC(=O)Nc1cn[nH]c1. The summed E-state index contributed by atoms with van der Waals surface area (Å²) in [5.41, 5.74) is 5.33. The number of rotatable bonds is 3. The zero-order chi connectivity index (χ0) is 9.68. The maximum atomic E-state index is 10.9. The van der Waals surface area contributed by atoms with E-state index in [0.29, 0.717) is 5.69 Å². The van der Waals surface area contributed by atoms with E-state index in [9.17, 15) is 9.59 Å². The van der Waals surface area contributed by atoms with E-state index in [1.54, 1.807) is 0 Å². The number of aromatic amines is 1. The van der Waals surface area contributed by atoms with Crippen LogP contribution < -0.4 is 16.4 Å². The van der Waals surface area contributed by atoms with Crippen molar-refractivity contribution in [1.29, 1.82) is 0 Å². The molecule has 1 heterocycles. The van der Waals surface area contributed by atoms with Crippen molar-refractivity contribution in [2.24, 2.45) is 5.73 Å². The van der Waals surface area contributed by atoms with Crippen molar-refractivity contribution in [3.63, 3.8) is 0 Å². The highest BCUT2D eigenvalue weighted by Gasteiger charge is 2.02. The Bertz CT molecular complexity index is 294. The summed E-state index contributed by atoms with van der Waals surface area (Å²) in [5, 5.41) is 10.8. The van der Waals surface area contributed by atoms with Crippen molar-refractivity contribution in [3.05, 3.63) is 12.4 Å². The second kappa shape index (κ2) is 4.10. The molecular formula is C6H9N5O2. The van der Waals surface area contributed by atoms with E-state index in [0.717, 1.165) is 0 Å². The summed E-state index contributed by atoms with van der Waals surface area (Å²) in [5.74, 6) is -0.595. The number of hydrogen-bond donors (Lipinski definition) is 4. The van der Waals surface area contributed by atoms with Crippen LogP contribution in [0.1, 0.15) is 0 Å². The summed E-state index contributed by atoms with van der Waals surface area (Å²) in [7, 11) is 0. The molecule has 7 nitrogen and oxygen atoms in total. The van der Waals surface area contributed by atoms with Crippen LogP contribution in [0.3, 0.4) is 0 Å². The van der Waals surface area contributed by atoms with Gasteiger partial charge >= 0.3 is 6.03 Å². The van der Waals surface area contributed by atoms with Gasteiger partial charge in [-0.15, -0.1) is 0 Å². The topological polar surface area (TPSA) is 113 Å². The number of H-pyrrole nitrogens is 1. The molecule has 1 rings (SSSR count). The van der Waals surface area contributed by atoms with Gasteiger partial charge in [0.1, 0.15) is 0 Å². The van der Waals surface area contributed by atoms with Gasteiger partial charge in [-0.1, -0.05) is 0 Å². The van der Waals surface area contributed by atoms with E-state index >= 15 is 0 Å². The molecule has 0 aliphatic heterocycles. The summed E-state index contributed by atoms with van der Waals surface area (Å²) in [6, 6.07) is -0.500. The monoisotopic (exact) mass is 183 g/mol. The molecule has 70 valence electrons. The first kappa shape index (κ1) is 9.04. The van der Waals surface area contributed by atoms with Crippen LogP contribution in [-0.4, -0.2) is 28.7 Å². The average molecular weight is 183 g/mol. The van der Waals surface area contributed by atoms with Gasteiger partial charge < -0.3 is 16.4 Å². The van der Waals surface area contributed by atoms with Crippen molar-refractivity contribution in [1.82, 2.24) is 15.5 Å². The number of anilines is 1. The van der Waals surface area contributed by atoms with Gasteiger partial charge in [-0.2, -0.15) is 5.10 Å². The normalized spacial score (nSPS) is 9.23. The van der Waals surface area contributed by atoms with Crippen LogP contribution in [0.5, 0.6) is 0 Å². The maximum Gasteiger partial charge on any atom is 0.319 e. The van der Waals surface area contributed by atoms with Gasteiger partial charge in [-0.05, 0) is 0 Å². The molecule has 0 atom stereocenters. The van der Waals surface area contributed by atoms with Gasteiger partial charge in [0.25, 0.3) is 0 Å². The smallest absolute Gasteiger partial charge is 0.319 e. The Hall–Kier alpha value is -2.05. The van der Waals surface area contributed by atoms with E-state index in [1.165, 1.54) is 12.4 Å². The van der Waals surface area contributed by atoms with Crippen LogP contribution in [0.2, 0.25) is 0 Å². The molecular weight excluding hydrogens is 174 g/mol. The van der Waals surface area contributed by atoms with Crippen LogP contribution >= 0.6 is 0 Å². The molecule has 1 aromatic heterocycles. The van der Waals surface area contributed by atoms with E-state index in [1.807, 2.05) is 0 Å². The highest BCUT2D eigenvalue weighted by molar-refractivity contribution is 5.91. The lowest BCUT2D eigenvalue weighted by molar-refractivity contribution is -0.117. The number of hydrogen-bond acceptors (Lipinski definition) is 3. The van der Waals surface area contributed by atoms with Crippen LogP contribution in [-0.2, 0) is 4.79 Å². The highest BCUT2D eigenvalue weighted by atomic mass is 16.2. The molecule has 13 heavy (non-hydrogen) atoms. The molecule has 0 saturated heterocycles. The predicted octanol–water partition coefficient (Wildman–Crippen LogP) is -0.984. The third-order valence-electron chi connectivity index (χ3n) is 1.18. The number of nitrogens with zero attached hydrogens (tertiary/aromatic N) is 1. The molecule has 0 radical (unpaired) electrons. The number of primary amides is 1. The third kappa shape index (κ3) is 3.23. The quantitative estimate of drug-likeness (QED) is 0.482. The van der Waals surface area contributed by atoms with Crippen molar-refractivity contribution in [3.8, 4) is 0 Å². The molecule has 0 spiro atoms. The zero-order valence-electron chi connectivity index (χ0n) is 6.70. The van der Waals surface area contributed by atoms with Gasteiger partial charge in [0, 0.05) is 6.20 Å². The zero-order valence-corrected chi connectivity index (χ0v) is 6.70. The minimum absolute atomic E-state index is 0.191. The van der Waals surface area contributed by atoms with Crippen LogP contribution in [0.25, 0.3) is 0 Å². The summed E-state index contributed by atoms with van der Waals surface area (Å²) in [6.07, 6.45) is 2.94. The minimum Gasteiger partial charge on any atom is -0.368 e. The summed E-state index contributed by atoms with van der Waals surface area (Å²) in [4.78, 5) is 21.2. The standard InChI is InChI=1S/C6H9N5O2/c7-5(12)3-8-6(13)11-4-1-9-10-2-4/h1-2H,3H2,(H2,7,12)(H,9,10)(H2,8,11,13). The van der Waals surface area contributed by atoms with Gasteiger partial charge in [0.15, 0.2) is 0 Å². The molecule has 5 N–H and O–H groups in total. The van der Waals surface area contributed by atoms with Crippen molar-refractivity contribution in [2.75, 3.05) is 11.9 Å². The van der Waals surface area contributed by atoms with Crippen LogP contribution in [0.15, 0.2) is 12.4 Å². The average Bonchev–Trinajstić information content (AvgIpc) is 2.53. The number of aromatic nitrogens is 2. The molecule has 0 aliphatic rings. The number of amides is 3. The summed E-state index contributed by atoms with van der Waals surface area (Å²) in [6.45, 7) is -0.191. The van der Waals surface area contributed by atoms with Gasteiger partial charge in [0.2, 0.25) is 5.91 Å². The van der Waals surface area contributed by atoms with Crippen molar-refractivity contribution < 1.29 is 9.59 Å². The molecule has 1 aromatic rings. The second-order valence-electron chi connectivity index (χ2n) is 2.26. The Labute approximate surface area is 73.7 Å². The predicted molar refractivity (Wildman–Crippen MR) is 44.8 cm³/mol. The summed E-state index contributed by atoms with van der Waals surface area (Å²) >= 11 is 0. The first-order valence-electron chi connectivity index (χ1n) is 3.50. The number of nitrogens with one attached hydrogen (secondary N) is 3. The van der Waals surface area contributed by atoms with E-state index in [-0.39, 0.29) is 6.54 Å². The summed E-state index contributed by atoms with van der Waals surface area (Å²) < 4.78 is 0. The Balaban J connectivity index is 2.30. The third-order valence-corrected chi connectivity index (χ3v) is 1.18. The molecule has 0 saturated carbocycles. The Morgan fingerprint density at radius 1 is 1.62 bits per heavy atom. The van der Waals surface area contributed by atoms with E-state index < -0.39 is 11.9 Å². The Kier molecular flexibility index (Phi) is 2.85. The van der Waals surface area contributed by atoms with Crippen LogP contribution in [0, 0.1) is 0 Å². The van der Waals surface area contributed by atoms with Crippen molar-refractivity contribution >= 4 is 17.6 Å². The van der Waals surface area contributed by atoms with E-state index in [4.69, 9.17) is 5.73 Å². The lowest BCUT2D eigenvalue weighted by Crippen LogP contribution is -2.36. The van der Waals surface area contributed by atoms with E-state index in [2.05, 4.69) is 20.8 Å². The molecule has 0 unspecified atom stereocenters. The lowest BCUT2D eigenvalue weighted by Gasteiger charge is -2.02. The second-order valence-corrected chi connectivity index (χ2v) is 2.26. The fourth-order valence-corrected chi connectivity index (χ4v) is 0.662. The molecule has 0 bridgehead atoms. The van der Waals surface area contributed by atoms with Gasteiger partial charge in [-0.25, -0.2) is 4.79 Å². The van der Waals surface area contributed by atoms with Crippen molar-refractivity contribution in [2.45, 2.75) is 0 Å². The first-order chi connectivity index (χ1) is 6.18. The van der Waals surface area contributed by atoms with Crippen LogP contribution in [0.4, 0.5) is 10.5 Å². The minimum atomic E-state index is -0.595. The Morgan fingerprint density at radius 3 is 2.92 bits per heavy atom. The lowest BCUT2D eigenvalue weighted by atomic mass is 10.5. The largest absolute Gasteiger partial charge is 0.368 e. The fraction of sp³-hybridized carbons (Fsp3) is 0.167. The number of nitrogens with two attached hydrogens (primary N) is 1. The Morgan fingerprint density at radius 2 is 2.38 bits per heavy atom. The fourth-order valence-electron chi connectivity index (χ4n) is 0.662. The maximum absolute atomic E-state index is 10.9. The number of urea groups is 1. The van der Waals surface area contributed by atoms with Gasteiger partial charge in [0.05, 0.1) is 18.4 Å². The number of carbonyl (C=O) groups excluding carboxylic acids is 2. The van der Waals surface area contributed by atoms with Gasteiger partial charge in [-0.3, -0.25) is 9.89 Å². The molecule has 0 fully saturated rings.